The Morgan fingerprint density at radius 2 is 2.47 bits per heavy atom. The van der Waals surface area contributed by atoms with Gasteiger partial charge in [0.15, 0.2) is 0 Å². The maximum atomic E-state index is 4.10. The van der Waals surface area contributed by atoms with Crippen LogP contribution in [0.25, 0.3) is 0 Å². The molecule has 1 N–H and O–H groups in total. The van der Waals surface area contributed by atoms with Crippen molar-refractivity contribution in [2.24, 2.45) is 0 Å². The summed E-state index contributed by atoms with van der Waals surface area (Å²) in [6.07, 6.45) is 3.74. The molecule has 1 aliphatic rings. The highest BCUT2D eigenvalue weighted by Crippen LogP contribution is 2.23. The lowest BCUT2D eigenvalue weighted by atomic mass is 10.3. The molecule has 1 aromatic rings. The topological polar surface area (TPSA) is 24.9 Å². The van der Waals surface area contributed by atoms with Crippen LogP contribution in [0.2, 0.25) is 0 Å². The zero-order valence-corrected chi connectivity index (χ0v) is 10.3. The summed E-state index contributed by atoms with van der Waals surface area (Å²) in [4.78, 5) is 4.10. The van der Waals surface area contributed by atoms with Gasteiger partial charge in [-0.15, -0.1) is 0 Å². The highest BCUT2D eigenvalue weighted by molar-refractivity contribution is 8.06. The van der Waals surface area contributed by atoms with Gasteiger partial charge in [-0.3, -0.25) is 4.98 Å². The van der Waals surface area contributed by atoms with Crippen LogP contribution < -0.4 is 5.32 Å². The molecule has 2 heterocycles. The van der Waals surface area contributed by atoms with Crippen molar-refractivity contribution in [2.45, 2.75) is 11.8 Å². The summed E-state index contributed by atoms with van der Waals surface area (Å²) in [5, 5.41) is 4.29. The molecule has 0 amide bonds. The quantitative estimate of drug-likeness (QED) is 0.870. The van der Waals surface area contributed by atoms with Crippen LogP contribution in [-0.4, -0.2) is 34.0 Å². The van der Waals surface area contributed by atoms with Gasteiger partial charge in [-0.25, -0.2) is 0 Å². The molecule has 4 heteroatoms. The van der Waals surface area contributed by atoms with Crippen LogP contribution in [0.15, 0.2) is 24.5 Å². The van der Waals surface area contributed by atoms with Crippen molar-refractivity contribution in [3.63, 3.8) is 0 Å². The van der Waals surface area contributed by atoms with Crippen LogP contribution >= 0.6 is 23.5 Å². The lowest BCUT2D eigenvalue weighted by molar-refractivity contribution is 0.684. The number of pyridine rings is 1. The normalized spacial score (nSPS) is 21.5. The molecule has 0 aromatic carbocycles. The zero-order chi connectivity index (χ0) is 10.3. The molecule has 1 atom stereocenters. The fourth-order valence-electron chi connectivity index (χ4n) is 1.53. The van der Waals surface area contributed by atoms with E-state index in [0.29, 0.717) is 0 Å². The Kier molecular flexibility index (Phi) is 4.83. The van der Waals surface area contributed by atoms with Crippen LogP contribution in [0.5, 0.6) is 0 Å². The minimum atomic E-state index is 0.792. The Bertz CT molecular complexity index is 273. The number of rotatable bonds is 4. The molecule has 15 heavy (non-hydrogen) atoms. The van der Waals surface area contributed by atoms with Gasteiger partial charge in [-0.1, -0.05) is 6.07 Å². The summed E-state index contributed by atoms with van der Waals surface area (Å²) in [6, 6.07) is 4.10. The maximum Gasteiger partial charge on any atom is 0.0312 e. The van der Waals surface area contributed by atoms with Gasteiger partial charge >= 0.3 is 0 Å². The molecule has 1 unspecified atom stereocenters. The number of aromatic nitrogens is 1. The summed E-state index contributed by atoms with van der Waals surface area (Å²) in [5.41, 5.74) is 1.27. The van der Waals surface area contributed by atoms with E-state index in [2.05, 4.69) is 39.9 Å². The first-order chi connectivity index (χ1) is 7.45. The highest BCUT2D eigenvalue weighted by atomic mass is 32.2. The third kappa shape index (κ3) is 4.05. The number of nitrogens with one attached hydrogen (secondary N) is 1. The average Bonchev–Trinajstić information content (AvgIpc) is 2.32. The minimum Gasteiger partial charge on any atom is -0.311 e. The largest absolute Gasteiger partial charge is 0.311 e. The minimum absolute atomic E-state index is 0.792. The van der Waals surface area contributed by atoms with Crippen molar-refractivity contribution in [1.82, 2.24) is 10.3 Å². The molecule has 0 saturated carbocycles. The fourth-order valence-corrected chi connectivity index (χ4v) is 4.18. The molecule has 82 valence electrons. The summed E-state index contributed by atoms with van der Waals surface area (Å²) in [6.45, 7) is 2.06. The SMILES string of the molecule is c1cncc(CNCC2CSCCS2)c1. The molecule has 2 rings (SSSR count). The standard InChI is InChI=1S/C11H16N2S2/c1-2-10(6-12-3-1)7-13-8-11-9-14-4-5-15-11/h1-3,6,11,13H,4-5,7-9H2. The second-order valence-electron chi connectivity index (χ2n) is 3.56. The van der Waals surface area contributed by atoms with Crippen molar-refractivity contribution in [3.8, 4) is 0 Å². The number of nitrogens with zero attached hydrogens (tertiary/aromatic N) is 1. The summed E-state index contributed by atoms with van der Waals surface area (Å²) in [5.74, 6) is 3.93. The predicted octanol–water partition coefficient (Wildman–Crippen LogP) is 2.02. The third-order valence-electron chi connectivity index (χ3n) is 2.31. The van der Waals surface area contributed by atoms with Crippen molar-refractivity contribution in [1.29, 1.82) is 0 Å². The Morgan fingerprint density at radius 1 is 1.47 bits per heavy atom. The van der Waals surface area contributed by atoms with E-state index < -0.39 is 0 Å². The van der Waals surface area contributed by atoms with E-state index in [0.717, 1.165) is 18.3 Å². The van der Waals surface area contributed by atoms with Gasteiger partial charge in [0.2, 0.25) is 0 Å². The van der Waals surface area contributed by atoms with Crippen LogP contribution in [-0.2, 0) is 6.54 Å². The number of hydrogen-bond donors (Lipinski definition) is 1. The van der Waals surface area contributed by atoms with E-state index in [9.17, 15) is 0 Å². The predicted molar refractivity (Wildman–Crippen MR) is 69.5 cm³/mol. The van der Waals surface area contributed by atoms with E-state index in [4.69, 9.17) is 0 Å². The van der Waals surface area contributed by atoms with Gasteiger partial charge in [-0.05, 0) is 11.6 Å². The smallest absolute Gasteiger partial charge is 0.0312 e. The summed E-state index contributed by atoms with van der Waals surface area (Å²) >= 11 is 4.18. The van der Waals surface area contributed by atoms with Crippen molar-refractivity contribution >= 4 is 23.5 Å². The number of hydrogen-bond acceptors (Lipinski definition) is 4. The first kappa shape index (κ1) is 11.3. The molecule has 2 nitrogen and oxygen atoms in total. The van der Waals surface area contributed by atoms with Crippen LogP contribution in [0.1, 0.15) is 5.56 Å². The second-order valence-corrected chi connectivity index (χ2v) is 6.12. The zero-order valence-electron chi connectivity index (χ0n) is 8.69. The number of thioether (sulfide) groups is 2. The van der Waals surface area contributed by atoms with Gasteiger partial charge in [0.05, 0.1) is 0 Å². The highest BCUT2D eigenvalue weighted by Gasteiger charge is 2.13. The van der Waals surface area contributed by atoms with Gasteiger partial charge in [0.1, 0.15) is 0 Å². The molecule has 0 aliphatic carbocycles. The Hall–Kier alpha value is -0.190. The molecule has 1 aromatic heterocycles. The molecule has 0 bridgehead atoms. The molecule has 1 fully saturated rings. The van der Waals surface area contributed by atoms with Crippen LogP contribution in [0.3, 0.4) is 0 Å². The van der Waals surface area contributed by atoms with E-state index in [1.54, 1.807) is 0 Å². The Labute approximate surface area is 99.6 Å². The summed E-state index contributed by atoms with van der Waals surface area (Å²) < 4.78 is 0. The van der Waals surface area contributed by atoms with E-state index in [-0.39, 0.29) is 0 Å². The average molecular weight is 240 g/mol. The maximum absolute atomic E-state index is 4.10. The van der Waals surface area contributed by atoms with Gasteiger partial charge in [-0.2, -0.15) is 23.5 Å². The van der Waals surface area contributed by atoms with Crippen molar-refractivity contribution in [2.75, 3.05) is 23.8 Å². The first-order valence-corrected chi connectivity index (χ1v) is 7.44. The van der Waals surface area contributed by atoms with Gasteiger partial charge < -0.3 is 5.32 Å². The van der Waals surface area contributed by atoms with E-state index in [1.165, 1.54) is 22.8 Å². The molecule has 0 radical (unpaired) electrons. The van der Waals surface area contributed by atoms with Gasteiger partial charge in [0.25, 0.3) is 0 Å². The third-order valence-corrected chi connectivity index (χ3v) is 5.15. The Balaban J connectivity index is 1.66. The van der Waals surface area contributed by atoms with Crippen LogP contribution in [0.4, 0.5) is 0 Å². The van der Waals surface area contributed by atoms with Gasteiger partial charge in [0, 0.05) is 48.0 Å². The van der Waals surface area contributed by atoms with Crippen LogP contribution in [0, 0.1) is 0 Å². The lowest BCUT2D eigenvalue weighted by Crippen LogP contribution is -2.28. The molecular formula is C11H16N2S2. The van der Waals surface area contributed by atoms with E-state index >= 15 is 0 Å². The van der Waals surface area contributed by atoms with E-state index in [1.807, 2.05) is 18.5 Å². The molecule has 1 aliphatic heterocycles. The molecular weight excluding hydrogens is 224 g/mol. The molecule has 1 saturated heterocycles. The molecule has 0 spiro atoms. The second kappa shape index (κ2) is 6.40. The summed E-state index contributed by atoms with van der Waals surface area (Å²) in [7, 11) is 0. The first-order valence-electron chi connectivity index (χ1n) is 5.24. The Morgan fingerprint density at radius 3 is 3.20 bits per heavy atom. The van der Waals surface area contributed by atoms with Crippen molar-refractivity contribution in [3.05, 3.63) is 30.1 Å². The van der Waals surface area contributed by atoms with Crippen molar-refractivity contribution < 1.29 is 0 Å². The lowest BCUT2D eigenvalue weighted by Gasteiger charge is -2.21. The monoisotopic (exact) mass is 240 g/mol. The fraction of sp³-hybridized carbons (Fsp3) is 0.545.